The third-order valence-electron chi connectivity index (χ3n) is 2.76. The molecule has 1 aromatic carbocycles. The fourth-order valence-electron chi connectivity index (χ4n) is 1.69. The molecule has 0 aliphatic carbocycles. The van der Waals surface area contributed by atoms with Crippen LogP contribution >= 0.6 is 0 Å². The summed E-state index contributed by atoms with van der Waals surface area (Å²) in [6.45, 7) is 0.497. The zero-order valence-electron chi connectivity index (χ0n) is 11.1. The first-order chi connectivity index (χ1) is 9.16. The Labute approximate surface area is 113 Å². The summed E-state index contributed by atoms with van der Waals surface area (Å²) < 4.78 is 0. The maximum Gasteiger partial charge on any atom is 0.251 e. The van der Waals surface area contributed by atoms with Gasteiger partial charge in [-0.15, -0.1) is 0 Å². The van der Waals surface area contributed by atoms with E-state index in [9.17, 15) is 4.79 Å². The van der Waals surface area contributed by atoms with Crippen LogP contribution in [0.1, 0.15) is 15.9 Å². The summed E-state index contributed by atoms with van der Waals surface area (Å²) in [5.74, 6) is 0.815. The number of benzene rings is 1. The molecule has 1 N–H and O–H groups in total. The summed E-state index contributed by atoms with van der Waals surface area (Å²) in [6.07, 6.45) is 1.75. The zero-order chi connectivity index (χ0) is 13.7. The summed E-state index contributed by atoms with van der Waals surface area (Å²) in [7, 11) is 3.88. The van der Waals surface area contributed by atoms with Crippen molar-refractivity contribution in [3.63, 3.8) is 0 Å². The Balaban J connectivity index is 1.99. The predicted molar refractivity (Wildman–Crippen MR) is 76.2 cm³/mol. The van der Waals surface area contributed by atoms with Crippen LogP contribution in [0.3, 0.4) is 0 Å². The van der Waals surface area contributed by atoms with Gasteiger partial charge in [-0.3, -0.25) is 4.79 Å². The molecular weight excluding hydrogens is 238 g/mol. The molecule has 98 valence electrons. The van der Waals surface area contributed by atoms with E-state index < -0.39 is 0 Å². The van der Waals surface area contributed by atoms with Gasteiger partial charge in [0.15, 0.2) is 0 Å². The molecule has 1 aromatic heterocycles. The summed E-state index contributed by atoms with van der Waals surface area (Å²) in [6, 6.07) is 13.1. The highest BCUT2D eigenvalue weighted by molar-refractivity contribution is 5.94. The Morgan fingerprint density at radius 1 is 1.21 bits per heavy atom. The van der Waals surface area contributed by atoms with Crippen LogP contribution in [0, 0.1) is 0 Å². The summed E-state index contributed by atoms with van der Waals surface area (Å²) in [5, 5.41) is 2.90. The largest absolute Gasteiger partial charge is 0.363 e. The van der Waals surface area contributed by atoms with Crippen molar-refractivity contribution in [1.82, 2.24) is 10.3 Å². The van der Waals surface area contributed by atoms with Gasteiger partial charge < -0.3 is 10.2 Å². The van der Waals surface area contributed by atoms with Gasteiger partial charge in [-0.25, -0.2) is 4.98 Å². The van der Waals surface area contributed by atoms with Gasteiger partial charge in [-0.1, -0.05) is 18.2 Å². The fraction of sp³-hybridized carbons (Fsp3) is 0.200. The van der Waals surface area contributed by atoms with Crippen molar-refractivity contribution in [1.29, 1.82) is 0 Å². The fourth-order valence-corrected chi connectivity index (χ4v) is 1.69. The van der Waals surface area contributed by atoms with Crippen molar-refractivity contribution >= 4 is 11.7 Å². The lowest BCUT2D eigenvalue weighted by Gasteiger charge is -2.12. The zero-order valence-corrected chi connectivity index (χ0v) is 11.1. The third kappa shape index (κ3) is 3.55. The van der Waals surface area contributed by atoms with Gasteiger partial charge in [0.25, 0.3) is 5.91 Å². The maximum absolute atomic E-state index is 11.9. The number of rotatable bonds is 4. The number of hydrogen-bond donors (Lipinski definition) is 1. The number of nitrogens with zero attached hydrogens (tertiary/aromatic N) is 2. The minimum Gasteiger partial charge on any atom is -0.363 e. The third-order valence-corrected chi connectivity index (χ3v) is 2.76. The minimum absolute atomic E-state index is 0.0659. The Kier molecular flexibility index (Phi) is 4.13. The number of nitrogens with one attached hydrogen (secondary N) is 1. The van der Waals surface area contributed by atoms with Crippen molar-refractivity contribution in [2.24, 2.45) is 0 Å². The lowest BCUT2D eigenvalue weighted by Crippen LogP contribution is -2.23. The van der Waals surface area contributed by atoms with E-state index in [2.05, 4.69) is 10.3 Å². The van der Waals surface area contributed by atoms with E-state index in [1.807, 2.05) is 49.3 Å². The molecule has 0 saturated carbocycles. The molecule has 0 saturated heterocycles. The average Bonchev–Trinajstić information content (AvgIpc) is 2.46. The number of hydrogen-bond acceptors (Lipinski definition) is 3. The van der Waals surface area contributed by atoms with Gasteiger partial charge in [-0.05, 0) is 29.8 Å². The molecule has 0 aliphatic rings. The van der Waals surface area contributed by atoms with E-state index in [1.54, 1.807) is 18.3 Å². The van der Waals surface area contributed by atoms with Crippen molar-refractivity contribution in [3.8, 4) is 0 Å². The molecule has 0 atom stereocenters. The molecule has 0 bridgehead atoms. The molecule has 0 spiro atoms. The van der Waals surface area contributed by atoms with Crippen LogP contribution in [0.4, 0.5) is 5.82 Å². The van der Waals surface area contributed by atoms with Crippen LogP contribution in [0.25, 0.3) is 0 Å². The Morgan fingerprint density at radius 3 is 2.63 bits per heavy atom. The molecule has 0 fully saturated rings. The number of aromatic nitrogens is 1. The number of anilines is 1. The lowest BCUT2D eigenvalue weighted by atomic mass is 10.2. The van der Waals surface area contributed by atoms with E-state index in [-0.39, 0.29) is 5.91 Å². The van der Waals surface area contributed by atoms with Crippen LogP contribution in [-0.2, 0) is 6.54 Å². The molecule has 1 heterocycles. The van der Waals surface area contributed by atoms with Crippen LogP contribution in [-0.4, -0.2) is 25.0 Å². The first-order valence-corrected chi connectivity index (χ1v) is 6.12. The van der Waals surface area contributed by atoms with Gasteiger partial charge >= 0.3 is 0 Å². The topological polar surface area (TPSA) is 45.2 Å². The normalized spacial score (nSPS) is 10.0. The van der Waals surface area contributed by atoms with Crippen molar-refractivity contribution < 1.29 is 4.79 Å². The molecule has 4 heteroatoms. The highest BCUT2D eigenvalue weighted by atomic mass is 16.1. The lowest BCUT2D eigenvalue weighted by molar-refractivity contribution is 0.0951. The molecular formula is C15H17N3O. The van der Waals surface area contributed by atoms with Crippen LogP contribution < -0.4 is 10.2 Å². The van der Waals surface area contributed by atoms with E-state index >= 15 is 0 Å². The first kappa shape index (κ1) is 13.1. The summed E-state index contributed by atoms with van der Waals surface area (Å²) in [4.78, 5) is 18.1. The summed E-state index contributed by atoms with van der Waals surface area (Å²) in [5.41, 5.74) is 1.70. The van der Waals surface area contributed by atoms with Crippen LogP contribution in [0.15, 0.2) is 48.7 Å². The Bertz CT molecular complexity index is 552. The van der Waals surface area contributed by atoms with Gasteiger partial charge in [0.05, 0.1) is 0 Å². The Morgan fingerprint density at radius 2 is 1.95 bits per heavy atom. The van der Waals surface area contributed by atoms with Gasteiger partial charge in [0, 0.05) is 32.4 Å². The number of amides is 1. The van der Waals surface area contributed by atoms with Crippen LogP contribution in [0.5, 0.6) is 0 Å². The smallest absolute Gasteiger partial charge is 0.251 e. The van der Waals surface area contributed by atoms with E-state index in [0.29, 0.717) is 12.1 Å². The van der Waals surface area contributed by atoms with Gasteiger partial charge in [-0.2, -0.15) is 0 Å². The Hall–Kier alpha value is -2.36. The van der Waals surface area contributed by atoms with E-state index in [1.165, 1.54) is 0 Å². The molecule has 2 aromatic rings. The SMILES string of the molecule is CN(C)c1cc(CNC(=O)c2ccccc2)ccn1. The number of carbonyl (C=O) groups is 1. The van der Waals surface area contributed by atoms with E-state index in [0.717, 1.165) is 11.4 Å². The van der Waals surface area contributed by atoms with Crippen molar-refractivity contribution in [2.45, 2.75) is 6.54 Å². The van der Waals surface area contributed by atoms with E-state index in [4.69, 9.17) is 0 Å². The minimum atomic E-state index is -0.0659. The van der Waals surface area contributed by atoms with Crippen molar-refractivity contribution in [2.75, 3.05) is 19.0 Å². The molecule has 0 radical (unpaired) electrons. The second kappa shape index (κ2) is 6.00. The van der Waals surface area contributed by atoms with Gasteiger partial charge in [0.2, 0.25) is 0 Å². The second-order valence-electron chi connectivity index (χ2n) is 4.47. The maximum atomic E-state index is 11.9. The van der Waals surface area contributed by atoms with Crippen molar-refractivity contribution in [3.05, 3.63) is 59.8 Å². The van der Waals surface area contributed by atoms with Crippen LogP contribution in [0.2, 0.25) is 0 Å². The standard InChI is InChI=1S/C15H17N3O/c1-18(2)14-10-12(8-9-16-14)11-17-15(19)13-6-4-3-5-7-13/h3-10H,11H2,1-2H3,(H,17,19). The second-order valence-corrected chi connectivity index (χ2v) is 4.47. The average molecular weight is 255 g/mol. The molecule has 0 unspecified atom stereocenters. The molecule has 2 rings (SSSR count). The number of pyridine rings is 1. The quantitative estimate of drug-likeness (QED) is 0.909. The molecule has 19 heavy (non-hydrogen) atoms. The number of carbonyl (C=O) groups excluding carboxylic acids is 1. The molecule has 1 amide bonds. The highest BCUT2D eigenvalue weighted by Gasteiger charge is 2.04. The highest BCUT2D eigenvalue weighted by Crippen LogP contribution is 2.09. The molecule has 4 nitrogen and oxygen atoms in total. The summed E-state index contributed by atoms with van der Waals surface area (Å²) >= 11 is 0. The first-order valence-electron chi connectivity index (χ1n) is 6.12. The molecule has 0 aliphatic heterocycles. The monoisotopic (exact) mass is 255 g/mol. The predicted octanol–water partition coefficient (Wildman–Crippen LogP) is 2.08. The van der Waals surface area contributed by atoms with Gasteiger partial charge in [0.1, 0.15) is 5.82 Å².